The molecule has 2 aromatic rings. The minimum atomic E-state index is -0.170. The first kappa shape index (κ1) is 15.4. The van der Waals surface area contributed by atoms with Crippen LogP contribution in [-0.2, 0) is 6.42 Å². The number of nitrogens with zero attached hydrogens (tertiary/aromatic N) is 1. The van der Waals surface area contributed by atoms with E-state index in [-0.39, 0.29) is 5.92 Å². The Bertz CT molecular complexity index is 616. The van der Waals surface area contributed by atoms with Gasteiger partial charge in [0.25, 0.3) is 0 Å². The Balaban J connectivity index is 1.95. The van der Waals surface area contributed by atoms with Crippen LogP contribution in [0.15, 0.2) is 48.5 Å². The smallest absolute Gasteiger partial charge is 0.122 e. The van der Waals surface area contributed by atoms with Gasteiger partial charge in [0, 0.05) is 11.4 Å². The Kier molecular flexibility index (Phi) is 5.66. The number of rotatable bonds is 6. The molecule has 0 radical (unpaired) electrons. The van der Waals surface area contributed by atoms with Crippen molar-refractivity contribution in [2.24, 2.45) is 0 Å². The maximum Gasteiger partial charge on any atom is 0.122 e. The third-order valence-electron chi connectivity index (χ3n) is 3.45. The lowest BCUT2D eigenvalue weighted by Crippen LogP contribution is -2.05. The number of hydrogen-bond donors (Lipinski definition) is 0. The fraction of sp³-hybridized carbons (Fsp3) is 0.278. The Morgan fingerprint density at radius 2 is 1.86 bits per heavy atom. The molecule has 3 heteroatoms. The van der Waals surface area contributed by atoms with Crippen molar-refractivity contribution in [3.63, 3.8) is 0 Å². The van der Waals surface area contributed by atoms with Crippen molar-refractivity contribution in [3.05, 3.63) is 64.7 Å². The summed E-state index contributed by atoms with van der Waals surface area (Å²) >= 11 is 5.87. The number of halogens is 1. The monoisotopic (exact) mass is 299 g/mol. The predicted octanol–water partition coefficient (Wildman–Crippen LogP) is 4.98. The second kappa shape index (κ2) is 7.71. The fourth-order valence-corrected chi connectivity index (χ4v) is 2.35. The largest absolute Gasteiger partial charge is 0.493 e. The van der Waals surface area contributed by atoms with E-state index in [1.54, 1.807) is 0 Å². The third-order valence-corrected chi connectivity index (χ3v) is 3.70. The number of nitriles is 1. The Morgan fingerprint density at radius 1 is 1.14 bits per heavy atom. The zero-order valence-electron chi connectivity index (χ0n) is 12.1. The second-order valence-electron chi connectivity index (χ2n) is 4.83. The Morgan fingerprint density at radius 3 is 2.52 bits per heavy atom. The van der Waals surface area contributed by atoms with Gasteiger partial charge in [-0.1, -0.05) is 48.9 Å². The normalized spacial score (nSPS) is 11.7. The van der Waals surface area contributed by atoms with Gasteiger partial charge in [0.2, 0.25) is 0 Å². The number of benzene rings is 2. The van der Waals surface area contributed by atoms with E-state index in [0.717, 1.165) is 17.7 Å². The molecule has 0 amide bonds. The summed E-state index contributed by atoms with van der Waals surface area (Å²) in [5.74, 6) is 0.740. The van der Waals surface area contributed by atoms with Crippen molar-refractivity contribution in [3.8, 4) is 11.8 Å². The predicted molar refractivity (Wildman–Crippen MR) is 85.7 cm³/mol. The van der Waals surface area contributed by atoms with Crippen LogP contribution < -0.4 is 4.74 Å². The van der Waals surface area contributed by atoms with E-state index >= 15 is 0 Å². The Labute approximate surface area is 130 Å². The van der Waals surface area contributed by atoms with Gasteiger partial charge < -0.3 is 4.74 Å². The molecule has 0 fully saturated rings. The van der Waals surface area contributed by atoms with E-state index < -0.39 is 0 Å². The Hall–Kier alpha value is -1.98. The molecular weight excluding hydrogens is 282 g/mol. The first-order valence-electron chi connectivity index (χ1n) is 7.10. The van der Waals surface area contributed by atoms with Crippen molar-refractivity contribution in [1.82, 2.24) is 0 Å². The van der Waals surface area contributed by atoms with Gasteiger partial charge in [-0.2, -0.15) is 5.26 Å². The highest BCUT2D eigenvalue weighted by atomic mass is 35.5. The summed E-state index contributed by atoms with van der Waals surface area (Å²) in [6, 6.07) is 17.8. The summed E-state index contributed by atoms with van der Waals surface area (Å²) in [6.07, 6.45) is 1.60. The fourth-order valence-electron chi connectivity index (χ4n) is 2.22. The number of para-hydroxylation sites is 1. The van der Waals surface area contributed by atoms with E-state index in [9.17, 15) is 5.26 Å². The van der Waals surface area contributed by atoms with Crippen LogP contribution in [0.4, 0.5) is 0 Å². The first-order chi connectivity index (χ1) is 10.2. The van der Waals surface area contributed by atoms with Crippen LogP contribution in [0, 0.1) is 11.3 Å². The van der Waals surface area contributed by atoms with E-state index in [0.29, 0.717) is 18.1 Å². The quantitative estimate of drug-likeness (QED) is 0.753. The number of hydrogen-bond acceptors (Lipinski definition) is 2. The molecule has 0 bridgehead atoms. The summed E-state index contributed by atoms with van der Waals surface area (Å²) in [6.45, 7) is 2.63. The highest BCUT2D eigenvalue weighted by Gasteiger charge is 2.11. The zero-order chi connectivity index (χ0) is 15.1. The molecule has 0 saturated heterocycles. The minimum Gasteiger partial charge on any atom is -0.493 e. The van der Waals surface area contributed by atoms with Gasteiger partial charge in [0.15, 0.2) is 0 Å². The summed E-state index contributed by atoms with van der Waals surface area (Å²) in [5, 5.41) is 9.99. The van der Waals surface area contributed by atoms with Crippen LogP contribution in [0.1, 0.15) is 30.4 Å². The maximum absolute atomic E-state index is 9.31. The van der Waals surface area contributed by atoms with Gasteiger partial charge in [-0.3, -0.25) is 0 Å². The molecule has 0 aliphatic heterocycles. The molecule has 2 rings (SSSR count). The number of ether oxygens (including phenoxy) is 1. The zero-order valence-corrected chi connectivity index (χ0v) is 12.8. The molecule has 0 aromatic heterocycles. The van der Waals surface area contributed by atoms with Gasteiger partial charge in [-0.05, 0) is 35.7 Å². The topological polar surface area (TPSA) is 33.0 Å². The van der Waals surface area contributed by atoms with Gasteiger partial charge in [-0.15, -0.1) is 0 Å². The van der Waals surface area contributed by atoms with Crippen molar-refractivity contribution >= 4 is 11.6 Å². The molecule has 0 spiro atoms. The van der Waals surface area contributed by atoms with Gasteiger partial charge in [-0.25, -0.2) is 0 Å². The summed E-state index contributed by atoms with van der Waals surface area (Å²) in [4.78, 5) is 0. The third kappa shape index (κ3) is 4.24. The molecule has 1 atom stereocenters. The van der Waals surface area contributed by atoms with Crippen LogP contribution in [0.3, 0.4) is 0 Å². The average molecular weight is 300 g/mol. The molecule has 0 N–H and O–H groups in total. The SMILES string of the molecule is CCc1ccccc1OCCC(C#N)c1ccc(Cl)cc1. The average Bonchev–Trinajstić information content (AvgIpc) is 2.53. The molecule has 0 saturated carbocycles. The highest BCUT2D eigenvalue weighted by molar-refractivity contribution is 6.30. The molecule has 108 valence electrons. The van der Waals surface area contributed by atoms with Crippen LogP contribution >= 0.6 is 11.6 Å². The standard InChI is InChI=1S/C18H18ClNO/c1-2-14-5-3-4-6-18(14)21-12-11-16(13-20)15-7-9-17(19)10-8-15/h3-10,16H,2,11-12H2,1H3. The van der Waals surface area contributed by atoms with Crippen LogP contribution in [0.5, 0.6) is 5.75 Å². The lowest BCUT2D eigenvalue weighted by Gasteiger charge is -2.13. The molecule has 0 aliphatic carbocycles. The van der Waals surface area contributed by atoms with Gasteiger partial charge in [0.05, 0.1) is 18.6 Å². The lowest BCUT2D eigenvalue weighted by atomic mass is 9.98. The summed E-state index contributed by atoms with van der Waals surface area (Å²) < 4.78 is 5.83. The summed E-state index contributed by atoms with van der Waals surface area (Å²) in [5.41, 5.74) is 2.17. The molecule has 2 nitrogen and oxygen atoms in total. The maximum atomic E-state index is 9.31. The van der Waals surface area contributed by atoms with Crippen molar-refractivity contribution < 1.29 is 4.74 Å². The molecule has 0 aliphatic rings. The minimum absolute atomic E-state index is 0.170. The molecule has 2 aromatic carbocycles. The molecular formula is C18H18ClNO. The van der Waals surface area contributed by atoms with E-state index in [2.05, 4.69) is 19.1 Å². The van der Waals surface area contributed by atoms with E-state index in [4.69, 9.17) is 16.3 Å². The lowest BCUT2D eigenvalue weighted by molar-refractivity contribution is 0.303. The van der Waals surface area contributed by atoms with Crippen molar-refractivity contribution in [1.29, 1.82) is 5.26 Å². The first-order valence-corrected chi connectivity index (χ1v) is 7.48. The van der Waals surface area contributed by atoms with Gasteiger partial charge >= 0.3 is 0 Å². The molecule has 1 unspecified atom stereocenters. The van der Waals surface area contributed by atoms with Gasteiger partial charge in [0.1, 0.15) is 5.75 Å². The van der Waals surface area contributed by atoms with E-state index in [1.807, 2.05) is 42.5 Å². The molecule has 21 heavy (non-hydrogen) atoms. The highest BCUT2D eigenvalue weighted by Crippen LogP contribution is 2.23. The summed E-state index contributed by atoms with van der Waals surface area (Å²) in [7, 11) is 0. The van der Waals surface area contributed by atoms with Crippen LogP contribution in [0.25, 0.3) is 0 Å². The number of aryl methyl sites for hydroxylation is 1. The van der Waals surface area contributed by atoms with Crippen LogP contribution in [-0.4, -0.2) is 6.61 Å². The second-order valence-corrected chi connectivity index (χ2v) is 5.27. The molecule has 0 heterocycles. The van der Waals surface area contributed by atoms with Crippen molar-refractivity contribution in [2.45, 2.75) is 25.7 Å². The van der Waals surface area contributed by atoms with Crippen LogP contribution in [0.2, 0.25) is 5.02 Å². The van der Waals surface area contributed by atoms with Crippen molar-refractivity contribution in [2.75, 3.05) is 6.61 Å². The van der Waals surface area contributed by atoms with E-state index in [1.165, 1.54) is 5.56 Å².